The number of carboxylic acid groups (broad SMARTS) is 1. The monoisotopic (exact) mass is 241 g/mol. The molecule has 0 aromatic heterocycles. The van der Waals surface area contributed by atoms with Gasteiger partial charge in [-0.05, 0) is 24.3 Å². The summed E-state index contributed by atoms with van der Waals surface area (Å²) in [5.74, 6) is -1.49. The van der Waals surface area contributed by atoms with Crippen molar-refractivity contribution in [1.82, 2.24) is 0 Å². The molecule has 0 fully saturated rings. The third-order valence-electron chi connectivity index (χ3n) is 1.68. The number of ether oxygens (including phenoxy) is 1. The Morgan fingerprint density at radius 1 is 1.24 bits per heavy atom. The van der Waals surface area contributed by atoms with Crippen molar-refractivity contribution in [3.8, 4) is 0 Å². The van der Waals surface area contributed by atoms with E-state index in [2.05, 4.69) is 4.74 Å². The highest BCUT2D eigenvalue weighted by Crippen LogP contribution is 2.05. The molecule has 0 radical (unpaired) electrons. The molecule has 0 aliphatic rings. The summed E-state index contributed by atoms with van der Waals surface area (Å²) < 4.78 is 4.45. The lowest BCUT2D eigenvalue weighted by atomic mass is 10.1. The van der Waals surface area contributed by atoms with Gasteiger partial charge >= 0.3 is 11.9 Å². The number of esters is 1. The number of carbonyl (C=O) groups is 2. The summed E-state index contributed by atoms with van der Waals surface area (Å²) >= 11 is 0. The van der Waals surface area contributed by atoms with Crippen LogP contribution in [0.25, 0.3) is 0 Å². The Hall–Kier alpha value is -1.92. The van der Waals surface area contributed by atoms with E-state index >= 15 is 0 Å². The molecule has 6 heteroatoms. The van der Waals surface area contributed by atoms with E-state index in [9.17, 15) is 9.59 Å². The quantitative estimate of drug-likeness (QED) is 0.648. The highest BCUT2D eigenvalue weighted by Gasteiger charge is 2.06. The van der Waals surface area contributed by atoms with Crippen LogP contribution in [-0.4, -0.2) is 42.4 Å². The first-order valence-electron chi connectivity index (χ1n) is 4.79. The smallest absolute Gasteiger partial charge is 0.337 e. The average Bonchev–Trinajstić information content (AvgIpc) is 2.38. The molecule has 1 aromatic carbocycles. The maximum atomic E-state index is 10.9. The molecule has 0 heterocycles. The second kappa shape index (κ2) is 8.26. The SMILES string of the molecule is COC(=O)c1ccc(C(=O)O)cc1.NCCO. The van der Waals surface area contributed by atoms with Crippen molar-refractivity contribution in [3.63, 3.8) is 0 Å². The van der Waals surface area contributed by atoms with Crippen molar-refractivity contribution < 1.29 is 24.5 Å². The molecule has 1 rings (SSSR count). The van der Waals surface area contributed by atoms with Crippen LogP contribution in [0.3, 0.4) is 0 Å². The summed E-state index contributed by atoms with van der Waals surface area (Å²) in [7, 11) is 1.27. The van der Waals surface area contributed by atoms with Crippen LogP contribution in [0.4, 0.5) is 0 Å². The Balaban J connectivity index is 0.000000557. The number of rotatable bonds is 3. The van der Waals surface area contributed by atoms with Gasteiger partial charge < -0.3 is 20.7 Å². The van der Waals surface area contributed by atoms with Crippen LogP contribution in [0.15, 0.2) is 24.3 Å². The molecule has 0 aliphatic heterocycles. The summed E-state index contributed by atoms with van der Waals surface area (Å²) in [5, 5.41) is 16.3. The van der Waals surface area contributed by atoms with Gasteiger partial charge in [0.15, 0.2) is 0 Å². The Morgan fingerprint density at radius 2 is 1.65 bits per heavy atom. The van der Waals surface area contributed by atoms with E-state index in [1.54, 1.807) is 0 Å². The van der Waals surface area contributed by atoms with Gasteiger partial charge in [0, 0.05) is 6.54 Å². The van der Waals surface area contributed by atoms with Crippen LogP contribution in [0.2, 0.25) is 0 Å². The number of benzene rings is 1. The lowest BCUT2D eigenvalue weighted by molar-refractivity contribution is 0.0598. The summed E-state index contributed by atoms with van der Waals surface area (Å²) in [6.07, 6.45) is 0. The molecule has 6 nitrogen and oxygen atoms in total. The molecule has 0 spiro atoms. The number of carbonyl (C=O) groups excluding carboxylic acids is 1. The van der Waals surface area contributed by atoms with Crippen molar-refractivity contribution >= 4 is 11.9 Å². The molecular formula is C11H15NO5. The average molecular weight is 241 g/mol. The number of aliphatic hydroxyl groups is 1. The standard InChI is InChI=1S/C9H8O4.C2H7NO/c1-13-9(12)7-4-2-6(3-5-7)8(10)11;3-1-2-4/h2-5H,1H3,(H,10,11);4H,1-3H2. The first kappa shape index (κ1) is 15.1. The molecular weight excluding hydrogens is 226 g/mol. The van der Waals surface area contributed by atoms with Crippen LogP contribution < -0.4 is 5.73 Å². The van der Waals surface area contributed by atoms with Crippen molar-refractivity contribution in [2.24, 2.45) is 5.73 Å². The number of hydrogen-bond donors (Lipinski definition) is 3. The zero-order valence-corrected chi connectivity index (χ0v) is 9.42. The van der Waals surface area contributed by atoms with Crippen LogP contribution in [0.1, 0.15) is 20.7 Å². The van der Waals surface area contributed by atoms with Crippen molar-refractivity contribution in [3.05, 3.63) is 35.4 Å². The van der Waals surface area contributed by atoms with Gasteiger partial charge in [0.25, 0.3) is 0 Å². The number of nitrogens with two attached hydrogens (primary N) is 1. The molecule has 0 atom stereocenters. The highest BCUT2D eigenvalue weighted by atomic mass is 16.5. The fourth-order valence-corrected chi connectivity index (χ4v) is 0.867. The second-order valence-electron chi connectivity index (χ2n) is 2.89. The highest BCUT2D eigenvalue weighted by molar-refractivity contribution is 5.92. The molecule has 0 saturated carbocycles. The molecule has 0 saturated heterocycles. The molecule has 0 bridgehead atoms. The molecule has 0 aliphatic carbocycles. The minimum Gasteiger partial charge on any atom is -0.478 e. The molecule has 94 valence electrons. The summed E-state index contributed by atoms with van der Waals surface area (Å²) in [4.78, 5) is 21.4. The number of methoxy groups -OCH3 is 1. The van der Waals surface area contributed by atoms with Crippen LogP contribution in [-0.2, 0) is 4.74 Å². The van der Waals surface area contributed by atoms with E-state index in [0.717, 1.165) is 0 Å². The Labute approximate surface area is 98.6 Å². The van der Waals surface area contributed by atoms with Crippen molar-refractivity contribution in [2.75, 3.05) is 20.3 Å². The molecule has 0 unspecified atom stereocenters. The number of hydrogen-bond acceptors (Lipinski definition) is 5. The van der Waals surface area contributed by atoms with E-state index in [-0.39, 0.29) is 12.2 Å². The van der Waals surface area contributed by atoms with Gasteiger partial charge in [-0.15, -0.1) is 0 Å². The van der Waals surface area contributed by atoms with Gasteiger partial charge in [-0.2, -0.15) is 0 Å². The third-order valence-corrected chi connectivity index (χ3v) is 1.68. The first-order valence-corrected chi connectivity index (χ1v) is 4.79. The van der Waals surface area contributed by atoms with Gasteiger partial charge in [-0.25, -0.2) is 9.59 Å². The summed E-state index contributed by atoms with van der Waals surface area (Å²) in [6.45, 7) is 0.472. The molecule has 1 aromatic rings. The van der Waals surface area contributed by atoms with E-state index in [0.29, 0.717) is 12.1 Å². The maximum Gasteiger partial charge on any atom is 0.337 e. The zero-order chi connectivity index (χ0) is 13.3. The van der Waals surface area contributed by atoms with Crippen molar-refractivity contribution in [1.29, 1.82) is 0 Å². The van der Waals surface area contributed by atoms with Crippen molar-refractivity contribution in [2.45, 2.75) is 0 Å². The lowest BCUT2D eigenvalue weighted by Crippen LogP contribution is -2.02. The topological polar surface area (TPSA) is 110 Å². The van der Waals surface area contributed by atoms with Crippen LogP contribution >= 0.6 is 0 Å². The number of aromatic carboxylic acids is 1. The fourth-order valence-electron chi connectivity index (χ4n) is 0.867. The largest absolute Gasteiger partial charge is 0.478 e. The second-order valence-corrected chi connectivity index (χ2v) is 2.89. The first-order chi connectivity index (χ1) is 8.06. The predicted molar refractivity (Wildman–Crippen MR) is 60.9 cm³/mol. The van der Waals surface area contributed by atoms with E-state index in [4.69, 9.17) is 15.9 Å². The summed E-state index contributed by atoms with van der Waals surface area (Å²) in [5.41, 5.74) is 5.26. The fraction of sp³-hybridized carbons (Fsp3) is 0.273. The minimum absolute atomic E-state index is 0.0972. The van der Waals surface area contributed by atoms with E-state index < -0.39 is 11.9 Å². The van der Waals surface area contributed by atoms with E-state index in [1.807, 2.05) is 0 Å². The summed E-state index contributed by atoms with van der Waals surface area (Å²) in [6, 6.07) is 5.54. The van der Waals surface area contributed by atoms with Gasteiger partial charge in [0.2, 0.25) is 0 Å². The number of aliphatic hydroxyl groups excluding tert-OH is 1. The number of carboxylic acids is 1. The Kier molecular flexibility index (Phi) is 7.32. The zero-order valence-electron chi connectivity index (χ0n) is 9.42. The van der Waals surface area contributed by atoms with Gasteiger partial charge in [-0.3, -0.25) is 0 Å². The van der Waals surface area contributed by atoms with Gasteiger partial charge in [0.1, 0.15) is 0 Å². The normalized spacial score (nSPS) is 8.88. The molecule has 4 N–H and O–H groups in total. The Morgan fingerprint density at radius 3 is 1.94 bits per heavy atom. The van der Waals surface area contributed by atoms with Gasteiger partial charge in [0.05, 0.1) is 24.8 Å². The molecule has 0 amide bonds. The predicted octanol–water partition coefficient (Wildman–Crippen LogP) is 0.109. The van der Waals surface area contributed by atoms with Crippen LogP contribution in [0, 0.1) is 0 Å². The Bertz CT molecular complexity index is 359. The minimum atomic E-state index is -1.02. The van der Waals surface area contributed by atoms with E-state index in [1.165, 1.54) is 31.4 Å². The lowest BCUT2D eigenvalue weighted by Gasteiger charge is -1.98. The maximum absolute atomic E-state index is 10.9. The van der Waals surface area contributed by atoms with Crippen LogP contribution in [0.5, 0.6) is 0 Å². The third kappa shape index (κ3) is 5.64. The molecule has 17 heavy (non-hydrogen) atoms. The van der Waals surface area contributed by atoms with Gasteiger partial charge in [-0.1, -0.05) is 0 Å².